The third kappa shape index (κ3) is 10.0. The molecule has 15 heteroatoms. The van der Waals surface area contributed by atoms with Crippen molar-refractivity contribution in [1.29, 1.82) is 0 Å². The third-order valence-corrected chi connectivity index (χ3v) is 11.2. The van der Waals surface area contributed by atoms with Gasteiger partial charge in [0.25, 0.3) is 0 Å². The van der Waals surface area contributed by atoms with Gasteiger partial charge in [0.2, 0.25) is 11.8 Å². The largest absolute Gasteiger partial charge is 0.444 e. The van der Waals surface area contributed by atoms with Gasteiger partial charge in [0, 0.05) is 48.7 Å². The Morgan fingerprint density at radius 1 is 0.783 bits per heavy atom. The van der Waals surface area contributed by atoms with E-state index in [0.29, 0.717) is 67.0 Å². The van der Waals surface area contributed by atoms with Gasteiger partial charge in [0.05, 0.1) is 16.7 Å². The van der Waals surface area contributed by atoms with Crippen LogP contribution in [-0.2, 0) is 32.0 Å². The summed E-state index contributed by atoms with van der Waals surface area (Å²) in [5.74, 6) is -1.27. The molecule has 326 valence electrons. The van der Waals surface area contributed by atoms with Crippen LogP contribution in [0, 0.1) is 23.5 Å². The molecule has 13 nitrogen and oxygen atoms in total. The number of amides is 4. The fraction of sp³-hybridized carbons (Fsp3) is 0.578. The van der Waals surface area contributed by atoms with Crippen molar-refractivity contribution in [2.24, 2.45) is 11.8 Å². The van der Waals surface area contributed by atoms with E-state index in [1.54, 1.807) is 58.6 Å². The number of H-pyrrole nitrogens is 1. The Morgan fingerprint density at radius 3 is 1.85 bits per heavy atom. The molecule has 0 bridgehead atoms. The molecule has 4 aromatic rings. The lowest BCUT2D eigenvalue weighted by Crippen LogP contribution is -2.53. The molecule has 4 atom stereocenters. The quantitative estimate of drug-likeness (QED) is 0.138. The highest BCUT2D eigenvalue weighted by Crippen LogP contribution is 2.37. The Balaban J connectivity index is 1.36. The Bertz CT molecular complexity index is 2080. The molecular formula is C45H61F2N7O6. The van der Waals surface area contributed by atoms with Crippen LogP contribution in [0.3, 0.4) is 0 Å². The minimum absolute atomic E-state index is 0.208. The number of aromatic nitrogens is 3. The van der Waals surface area contributed by atoms with Gasteiger partial charge in [0.1, 0.15) is 34.9 Å². The van der Waals surface area contributed by atoms with Gasteiger partial charge >= 0.3 is 12.2 Å². The highest BCUT2D eigenvalue weighted by Gasteiger charge is 2.39. The van der Waals surface area contributed by atoms with Crippen molar-refractivity contribution in [2.45, 2.75) is 143 Å². The number of ether oxygens (including phenoxy) is 2. The summed E-state index contributed by atoms with van der Waals surface area (Å²) in [6.45, 7) is 19.4. The van der Waals surface area contributed by atoms with E-state index >= 15 is 0 Å². The predicted octanol–water partition coefficient (Wildman–Crippen LogP) is 8.09. The molecule has 0 spiro atoms. The van der Waals surface area contributed by atoms with Gasteiger partial charge < -0.3 is 39.5 Å². The molecule has 2 aromatic heterocycles. The lowest BCUT2D eigenvalue weighted by Gasteiger charge is -2.32. The van der Waals surface area contributed by atoms with Gasteiger partial charge in [-0.05, 0) is 121 Å². The number of benzene rings is 2. The summed E-state index contributed by atoms with van der Waals surface area (Å²) in [6.07, 6.45) is 1.94. The van der Waals surface area contributed by atoms with Crippen molar-refractivity contribution in [3.63, 3.8) is 0 Å². The molecule has 4 heterocycles. The molecule has 0 saturated carbocycles. The Hall–Kier alpha value is -5.21. The number of alkyl carbamates (subject to hydrolysis) is 2. The second kappa shape index (κ2) is 17.4. The highest BCUT2D eigenvalue weighted by atomic mass is 19.1. The monoisotopic (exact) mass is 833 g/mol. The summed E-state index contributed by atoms with van der Waals surface area (Å²) in [7, 11) is 0. The van der Waals surface area contributed by atoms with Crippen LogP contribution in [-0.4, -0.2) is 96.8 Å². The highest BCUT2D eigenvalue weighted by molar-refractivity contribution is 5.92. The third-order valence-electron chi connectivity index (χ3n) is 11.2. The van der Waals surface area contributed by atoms with Crippen LogP contribution in [0.5, 0.6) is 0 Å². The molecule has 0 radical (unpaired) electrons. The SMILES string of the molecule is CC(C)[C@H](NC(=O)OC(C)(C)C)C(=O)N1CCC[C@H]1Cc1c(-c2nc3cc(F)ccc3n2C[C@@H]2CCCN2C(=O)[C@@H](NC(=O)OC(C)(C)C)C(C)C)[nH]c2cc(F)ccc12. The van der Waals surface area contributed by atoms with E-state index in [9.17, 15) is 28.0 Å². The molecule has 0 unspecified atom stereocenters. The molecule has 60 heavy (non-hydrogen) atoms. The number of fused-ring (bicyclic) bond motifs is 2. The van der Waals surface area contributed by atoms with Crippen LogP contribution < -0.4 is 10.6 Å². The van der Waals surface area contributed by atoms with E-state index in [0.717, 1.165) is 23.8 Å². The first-order valence-corrected chi connectivity index (χ1v) is 21.2. The zero-order chi connectivity index (χ0) is 43.8. The van der Waals surface area contributed by atoms with Crippen molar-refractivity contribution < 1.29 is 37.4 Å². The Kier molecular flexibility index (Phi) is 12.9. The van der Waals surface area contributed by atoms with E-state index in [4.69, 9.17) is 14.5 Å². The van der Waals surface area contributed by atoms with Crippen LogP contribution in [0.15, 0.2) is 36.4 Å². The number of hydrogen-bond acceptors (Lipinski definition) is 7. The first-order chi connectivity index (χ1) is 28.1. The number of rotatable bonds is 11. The van der Waals surface area contributed by atoms with E-state index in [-0.39, 0.29) is 35.7 Å². The van der Waals surface area contributed by atoms with Crippen molar-refractivity contribution in [2.75, 3.05) is 13.1 Å². The molecule has 2 aliphatic rings. The van der Waals surface area contributed by atoms with Crippen molar-refractivity contribution in [3.05, 3.63) is 53.6 Å². The average Bonchev–Trinajstić information content (AvgIpc) is 3.93. The van der Waals surface area contributed by atoms with E-state index in [1.807, 2.05) is 37.2 Å². The smallest absolute Gasteiger partial charge is 0.408 e. The van der Waals surface area contributed by atoms with Crippen LogP contribution in [0.1, 0.15) is 100 Å². The first kappa shape index (κ1) is 44.3. The number of carbonyl (C=O) groups excluding carboxylic acids is 4. The molecule has 4 amide bonds. The zero-order valence-corrected chi connectivity index (χ0v) is 36.6. The lowest BCUT2D eigenvalue weighted by molar-refractivity contribution is -0.136. The zero-order valence-electron chi connectivity index (χ0n) is 36.6. The topological polar surface area (TPSA) is 151 Å². The number of imidazole rings is 1. The summed E-state index contributed by atoms with van der Waals surface area (Å²) in [4.78, 5) is 66.3. The minimum Gasteiger partial charge on any atom is -0.444 e. The van der Waals surface area contributed by atoms with Gasteiger partial charge in [-0.25, -0.2) is 23.4 Å². The van der Waals surface area contributed by atoms with Gasteiger partial charge in [-0.3, -0.25) is 9.59 Å². The number of carbonyl (C=O) groups is 4. The number of aromatic amines is 1. The molecule has 2 aromatic carbocycles. The van der Waals surface area contributed by atoms with Gasteiger partial charge in [-0.1, -0.05) is 27.7 Å². The van der Waals surface area contributed by atoms with Crippen LogP contribution in [0.4, 0.5) is 18.4 Å². The number of hydrogen-bond donors (Lipinski definition) is 3. The molecule has 6 rings (SSSR count). The number of likely N-dealkylation sites (tertiary alicyclic amines) is 2. The second-order valence-corrected chi connectivity index (χ2v) is 18.9. The molecule has 2 aliphatic heterocycles. The number of halogens is 2. The summed E-state index contributed by atoms with van der Waals surface area (Å²) >= 11 is 0. The van der Waals surface area contributed by atoms with E-state index in [1.165, 1.54) is 24.3 Å². The fourth-order valence-corrected chi connectivity index (χ4v) is 8.46. The maximum atomic E-state index is 14.8. The molecule has 0 aliphatic carbocycles. The van der Waals surface area contributed by atoms with Crippen molar-refractivity contribution in [3.8, 4) is 11.5 Å². The maximum Gasteiger partial charge on any atom is 0.408 e. The summed E-state index contributed by atoms with van der Waals surface area (Å²) in [5.41, 5.74) is 1.54. The number of nitrogens with zero attached hydrogens (tertiary/aromatic N) is 4. The van der Waals surface area contributed by atoms with Crippen LogP contribution in [0.2, 0.25) is 0 Å². The molecular weight excluding hydrogens is 773 g/mol. The van der Waals surface area contributed by atoms with Crippen LogP contribution >= 0.6 is 0 Å². The van der Waals surface area contributed by atoms with E-state index < -0.39 is 47.1 Å². The standard InChI is InChI=1S/C45H61F2N7O6/c1-25(2)36(50-42(57)59-44(5,6)7)40(55)52-19-11-13-29(52)23-32-31-17-15-27(46)21-33(31)48-38(32)39-49-34-22-28(47)16-18-35(34)54(39)24-30-14-12-20-53(30)41(56)37(26(3)4)51-43(58)60-45(8,9)10/h15-18,21-22,25-26,29-30,36-37,48H,11-14,19-20,23-24H2,1-10H3,(H,50,57)(H,51,58)/t29-,30-,36-,37-/m0/s1. The average molecular weight is 834 g/mol. The van der Waals surface area contributed by atoms with Crippen molar-refractivity contribution >= 4 is 45.9 Å². The van der Waals surface area contributed by atoms with E-state index in [2.05, 4.69) is 15.6 Å². The lowest BCUT2D eigenvalue weighted by atomic mass is 9.98. The fourth-order valence-electron chi connectivity index (χ4n) is 8.46. The number of nitrogens with one attached hydrogen (secondary N) is 3. The second-order valence-electron chi connectivity index (χ2n) is 18.9. The molecule has 3 N–H and O–H groups in total. The van der Waals surface area contributed by atoms with Gasteiger partial charge in [-0.2, -0.15) is 0 Å². The van der Waals surface area contributed by atoms with Gasteiger partial charge in [-0.15, -0.1) is 0 Å². The maximum absolute atomic E-state index is 14.8. The Labute approximate surface area is 350 Å². The molecule has 2 fully saturated rings. The van der Waals surface area contributed by atoms with Crippen LogP contribution in [0.25, 0.3) is 33.5 Å². The predicted molar refractivity (Wildman–Crippen MR) is 226 cm³/mol. The summed E-state index contributed by atoms with van der Waals surface area (Å²) < 4.78 is 42.6. The molecule has 2 saturated heterocycles. The van der Waals surface area contributed by atoms with Gasteiger partial charge in [0.15, 0.2) is 5.82 Å². The summed E-state index contributed by atoms with van der Waals surface area (Å²) in [5, 5.41) is 6.37. The normalized spacial score (nSPS) is 18.4. The summed E-state index contributed by atoms with van der Waals surface area (Å²) in [6, 6.07) is 6.77. The Morgan fingerprint density at radius 2 is 1.30 bits per heavy atom. The van der Waals surface area contributed by atoms with Crippen molar-refractivity contribution in [1.82, 2.24) is 35.0 Å². The minimum atomic E-state index is -0.824. The first-order valence-electron chi connectivity index (χ1n) is 21.2.